The summed E-state index contributed by atoms with van der Waals surface area (Å²) in [5.41, 5.74) is -0.137. The zero-order valence-corrected chi connectivity index (χ0v) is 14.1. The maximum Gasteiger partial charge on any atom is 0.430 e. The molecule has 1 saturated carbocycles. The molecule has 0 spiro atoms. The van der Waals surface area contributed by atoms with Gasteiger partial charge in [-0.15, -0.1) is 0 Å². The molecule has 1 fully saturated rings. The lowest BCUT2D eigenvalue weighted by atomic mass is 9.82. The maximum atomic E-state index is 12.1. The molecule has 6 nitrogen and oxygen atoms in total. The summed E-state index contributed by atoms with van der Waals surface area (Å²) in [5, 5.41) is 5.46. The fourth-order valence-corrected chi connectivity index (χ4v) is 2.31. The molecular formula is C16H26N2O4. The van der Waals surface area contributed by atoms with Crippen molar-refractivity contribution in [1.82, 2.24) is 5.01 Å². The Bertz CT molecular complexity index is 469. The van der Waals surface area contributed by atoms with Gasteiger partial charge in [0.1, 0.15) is 23.1 Å². The number of hydrogen-bond donors (Lipinski definition) is 0. The Kier molecular flexibility index (Phi) is 6.26. The summed E-state index contributed by atoms with van der Waals surface area (Å²) < 4.78 is 5.29. The molecule has 0 aromatic rings. The minimum Gasteiger partial charge on any atom is -0.442 e. The molecule has 0 bridgehead atoms. The van der Waals surface area contributed by atoms with Gasteiger partial charge >= 0.3 is 6.09 Å². The number of amides is 1. The van der Waals surface area contributed by atoms with Gasteiger partial charge in [-0.3, -0.25) is 9.59 Å². The Labute approximate surface area is 131 Å². The van der Waals surface area contributed by atoms with Gasteiger partial charge in [0.25, 0.3) is 0 Å². The first kappa shape index (κ1) is 18.3. The van der Waals surface area contributed by atoms with Crippen LogP contribution in [0.25, 0.3) is 0 Å². The van der Waals surface area contributed by atoms with Gasteiger partial charge in [-0.2, -0.15) is 10.1 Å². The van der Waals surface area contributed by atoms with E-state index in [1.807, 2.05) is 0 Å². The SMILES string of the molecule is CCC(=O)C1C(=O)CCC/C1=N\N(CC)C(=O)OC(C)(C)C. The van der Waals surface area contributed by atoms with E-state index in [1.165, 1.54) is 5.01 Å². The van der Waals surface area contributed by atoms with Crippen molar-refractivity contribution in [3.05, 3.63) is 0 Å². The van der Waals surface area contributed by atoms with Crippen LogP contribution in [0.2, 0.25) is 0 Å². The van der Waals surface area contributed by atoms with E-state index < -0.39 is 17.6 Å². The van der Waals surface area contributed by atoms with Crippen LogP contribution in [0, 0.1) is 5.92 Å². The quantitative estimate of drug-likeness (QED) is 0.591. The average Bonchev–Trinajstić information content (AvgIpc) is 2.42. The first-order chi connectivity index (χ1) is 10.2. The van der Waals surface area contributed by atoms with Crippen molar-refractivity contribution < 1.29 is 19.1 Å². The Balaban J connectivity index is 3.00. The van der Waals surface area contributed by atoms with Crippen molar-refractivity contribution in [2.45, 2.75) is 65.9 Å². The summed E-state index contributed by atoms with van der Waals surface area (Å²) in [6, 6.07) is 0. The van der Waals surface area contributed by atoms with Crippen LogP contribution in [0.4, 0.5) is 4.79 Å². The van der Waals surface area contributed by atoms with Gasteiger partial charge in [0.05, 0.1) is 5.71 Å². The average molecular weight is 310 g/mol. The fraction of sp³-hybridized carbons (Fsp3) is 0.750. The molecule has 0 aromatic carbocycles. The second kappa shape index (κ2) is 7.51. The molecule has 124 valence electrons. The van der Waals surface area contributed by atoms with Crippen LogP contribution in [-0.2, 0) is 14.3 Å². The number of ether oxygens (including phenoxy) is 1. The highest BCUT2D eigenvalue weighted by Crippen LogP contribution is 2.22. The van der Waals surface area contributed by atoms with E-state index in [4.69, 9.17) is 4.74 Å². The van der Waals surface area contributed by atoms with Gasteiger partial charge in [-0.05, 0) is 40.5 Å². The van der Waals surface area contributed by atoms with Gasteiger partial charge in [0, 0.05) is 19.4 Å². The third kappa shape index (κ3) is 4.93. The molecule has 0 heterocycles. The highest BCUT2D eigenvalue weighted by molar-refractivity contribution is 6.22. The summed E-state index contributed by atoms with van der Waals surface area (Å²) >= 11 is 0. The first-order valence-electron chi connectivity index (χ1n) is 7.82. The Morgan fingerprint density at radius 1 is 1.27 bits per heavy atom. The summed E-state index contributed by atoms with van der Waals surface area (Å²) in [7, 11) is 0. The number of hydrazone groups is 1. The molecule has 22 heavy (non-hydrogen) atoms. The summed E-state index contributed by atoms with van der Waals surface area (Å²) in [6.45, 7) is 9.15. The number of carbonyl (C=O) groups is 3. The molecule has 1 atom stereocenters. The number of hydrogen-bond acceptors (Lipinski definition) is 5. The van der Waals surface area contributed by atoms with E-state index in [1.54, 1.807) is 34.6 Å². The summed E-state index contributed by atoms with van der Waals surface area (Å²) in [4.78, 5) is 36.2. The fourth-order valence-electron chi connectivity index (χ4n) is 2.31. The molecule has 0 saturated heterocycles. The van der Waals surface area contributed by atoms with Crippen molar-refractivity contribution in [2.75, 3.05) is 6.54 Å². The van der Waals surface area contributed by atoms with Crippen molar-refractivity contribution in [3.63, 3.8) is 0 Å². The van der Waals surface area contributed by atoms with Crippen molar-refractivity contribution in [2.24, 2.45) is 11.0 Å². The van der Waals surface area contributed by atoms with E-state index in [2.05, 4.69) is 5.10 Å². The molecule has 0 aliphatic heterocycles. The van der Waals surface area contributed by atoms with Gasteiger partial charge in [-0.1, -0.05) is 6.92 Å². The van der Waals surface area contributed by atoms with Gasteiger partial charge in [0.2, 0.25) is 0 Å². The Morgan fingerprint density at radius 2 is 1.91 bits per heavy atom. The smallest absolute Gasteiger partial charge is 0.430 e. The van der Waals surface area contributed by atoms with Crippen molar-refractivity contribution in [1.29, 1.82) is 0 Å². The van der Waals surface area contributed by atoms with Crippen LogP contribution in [0.5, 0.6) is 0 Å². The molecule has 6 heteroatoms. The molecule has 1 aliphatic carbocycles. The molecule has 1 amide bonds. The second-order valence-corrected chi connectivity index (χ2v) is 6.36. The van der Waals surface area contributed by atoms with Gasteiger partial charge in [0.15, 0.2) is 0 Å². The van der Waals surface area contributed by atoms with Crippen LogP contribution in [0.1, 0.15) is 60.3 Å². The lowest BCUT2D eigenvalue weighted by Crippen LogP contribution is -2.39. The number of carbonyl (C=O) groups excluding carboxylic acids is 3. The number of nitrogens with zero attached hydrogens (tertiary/aromatic N) is 2. The van der Waals surface area contributed by atoms with E-state index in [-0.39, 0.29) is 18.0 Å². The lowest BCUT2D eigenvalue weighted by Gasteiger charge is -2.26. The zero-order chi connectivity index (χ0) is 16.9. The Hall–Kier alpha value is -1.72. The number of ketones is 2. The highest BCUT2D eigenvalue weighted by atomic mass is 16.6. The molecule has 0 aromatic heterocycles. The normalized spacial score (nSPS) is 20.9. The van der Waals surface area contributed by atoms with Crippen LogP contribution in [0.15, 0.2) is 5.10 Å². The topological polar surface area (TPSA) is 76.0 Å². The monoisotopic (exact) mass is 310 g/mol. The largest absolute Gasteiger partial charge is 0.442 e. The Morgan fingerprint density at radius 3 is 2.41 bits per heavy atom. The third-order valence-electron chi connectivity index (χ3n) is 3.33. The van der Waals surface area contributed by atoms with Crippen LogP contribution in [0.3, 0.4) is 0 Å². The van der Waals surface area contributed by atoms with E-state index >= 15 is 0 Å². The standard InChI is InChI=1S/C16H26N2O4/c1-6-12(19)14-11(9-8-10-13(14)20)17-18(7-2)15(21)22-16(3,4)5/h14H,6-10H2,1-5H3/b17-11+. The minimum atomic E-state index is -0.796. The zero-order valence-electron chi connectivity index (χ0n) is 14.1. The van der Waals surface area contributed by atoms with Crippen molar-refractivity contribution in [3.8, 4) is 0 Å². The third-order valence-corrected chi connectivity index (χ3v) is 3.33. The molecule has 0 radical (unpaired) electrons. The van der Waals surface area contributed by atoms with Gasteiger partial charge < -0.3 is 4.74 Å². The van der Waals surface area contributed by atoms with Crippen LogP contribution < -0.4 is 0 Å². The predicted octanol–water partition coefficient (Wildman–Crippen LogP) is 2.95. The van der Waals surface area contributed by atoms with E-state index in [0.29, 0.717) is 31.5 Å². The molecule has 1 aliphatic rings. The maximum absolute atomic E-state index is 12.1. The molecule has 1 rings (SSSR count). The summed E-state index contributed by atoms with van der Waals surface area (Å²) in [5.74, 6) is -1.03. The summed E-state index contributed by atoms with van der Waals surface area (Å²) in [6.07, 6.45) is 1.34. The number of Topliss-reactive ketones (excluding diaryl/α,β-unsaturated/α-hetero) is 2. The minimum absolute atomic E-state index is 0.0999. The van der Waals surface area contributed by atoms with Crippen LogP contribution >= 0.6 is 0 Å². The van der Waals surface area contributed by atoms with E-state index in [9.17, 15) is 14.4 Å². The predicted molar refractivity (Wildman–Crippen MR) is 83.7 cm³/mol. The van der Waals surface area contributed by atoms with Gasteiger partial charge in [-0.25, -0.2) is 4.79 Å². The molecule has 0 N–H and O–H groups in total. The number of rotatable bonds is 4. The first-order valence-corrected chi connectivity index (χ1v) is 7.82. The van der Waals surface area contributed by atoms with Crippen molar-refractivity contribution >= 4 is 23.4 Å². The highest BCUT2D eigenvalue weighted by Gasteiger charge is 2.34. The lowest BCUT2D eigenvalue weighted by molar-refractivity contribution is -0.130. The molecule has 1 unspecified atom stereocenters. The second-order valence-electron chi connectivity index (χ2n) is 6.36. The van der Waals surface area contributed by atoms with E-state index in [0.717, 1.165) is 0 Å². The molecular weight excluding hydrogens is 284 g/mol. The van der Waals surface area contributed by atoms with Crippen LogP contribution in [-0.4, -0.2) is 40.5 Å².